The number of para-hydroxylation sites is 1. The molecule has 1 unspecified atom stereocenters. The topological polar surface area (TPSA) is 32.3 Å². The van der Waals surface area contributed by atoms with Crippen LogP contribution in [0.1, 0.15) is 25.3 Å². The summed E-state index contributed by atoms with van der Waals surface area (Å²) in [5, 5.41) is 2.94. The summed E-state index contributed by atoms with van der Waals surface area (Å²) in [4.78, 5) is 13.5. The Balaban J connectivity index is 2.43. The van der Waals surface area contributed by atoms with E-state index >= 15 is 0 Å². The highest BCUT2D eigenvalue weighted by Crippen LogP contribution is 2.41. The Morgan fingerprint density at radius 1 is 1.43 bits per heavy atom. The van der Waals surface area contributed by atoms with Crippen LogP contribution in [0.2, 0.25) is 5.02 Å². The average molecular weight is 321 g/mol. The van der Waals surface area contributed by atoms with E-state index in [1.807, 2.05) is 6.92 Å². The lowest BCUT2D eigenvalue weighted by molar-refractivity contribution is -0.137. The fourth-order valence-electron chi connectivity index (χ4n) is 2.55. The van der Waals surface area contributed by atoms with Crippen molar-refractivity contribution in [1.29, 1.82) is 0 Å². The van der Waals surface area contributed by atoms with E-state index in [-0.39, 0.29) is 23.2 Å². The maximum Gasteiger partial charge on any atom is 0.418 e. The first-order valence-corrected chi connectivity index (χ1v) is 7.14. The zero-order valence-corrected chi connectivity index (χ0v) is 12.3. The number of nitrogens with one attached hydrogen (secondary N) is 1. The normalized spacial score (nSPS) is 20.0. The van der Waals surface area contributed by atoms with E-state index in [4.69, 9.17) is 11.6 Å². The molecule has 0 bridgehead atoms. The third-order valence-electron chi connectivity index (χ3n) is 3.45. The summed E-state index contributed by atoms with van der Waals surface area (Å²) in [5.41, 5.74) is -1.11. The Morgan fingerprint density at radius 2 is 2.14 bits per heavy atom. The van der Waals surface area contributed by atoms with Gasteiger partial charge in [-0.05, 0) is 31.5 Å². The Bertz CT molecular complexity index is 531. The van der Waals surface area contributed by atoms with E-state index in [9.17, 15) is 18.0 Å². The molecule has 7 heteroatoms. The van der Waals surface area contributed by atoms with Crippen molar-refractivity contribution in [2.75, 3.05) is 18.0 Å². The lowest BCUT2D eigenvalue weighted by Crippen LogP contribution is -2.51. The molecule has 1 heterocycles. The minimum absolute atomic E-state index is 0.0599. The standard InChI is InChI=1S/C14H16ClF3N2O/c1-2-19-11-7-4-8-20(13(11)21)12-9(14(16,17)18)5-3-6-10(12)15/h3,5-6,11,19H,2,4,7-8H2,1H3. The van der Waals surface area contributed by atoms with Crippen molar-refractivity contribution < 1.29 is 18.0 Å². The number of anilines is 1. The summed E-state index contributed by atoms with van der Waals surface area (Å²) >= 11 is 5.94. The van der Waals surface area contributed by atoms with Crippen molar-refractivity contribution in [3.05, 3.63) is 28.8 Å². The van der Waals surface area contributed by atoms with Gasteiger partial charge in [0.05, 0.1) is 22.3 Å². The lowest BCUT2D eigenvalue weighted by Gasteiger charge is -2.34. The largest absolute Gasteiger partial charge is 0.418 e. The summed E-state index contributed by atoms with van der Waals surface area (Å²) < 4.78 is 39.4. The van der Waals surface area contributed by atoms with Crippen LogP contribution in [0.4, 0.5) is 18.9 Å². The molecule has 1 aliphatic heterocycles. The van der Waals surface area contributed by atoms with Crippen molar-refractivity contribution in [3.8, 4) is 0 Å². The summed E-state index contributed by atoms with van der Waals surface area (Å²) in [6.07, 6.45) is -3.30. The number of hydrogen-bond donors (Lipinski definition) is 1. The van der Waals surface area contributed by atoms with Crippen LogP contribution in [0, 0.1) is 0 Å². The first-order chi connectivity index (χ1) is 9.86. The van der Waals surface area contributed by atoms with Crippen LogP contribution in [0.25, 0.3) is 0 Å². The summed E-state index contributed by atoms with van der Waals surface area (Å²) in [5.74, 6) is -0.360. The lowest BCUT2D eigenvalue weighted by atomic mass is 10.0. The van der Waals surface area contributed by atoms with E-state index in [1.165, 1.54) is 12.1 Å². The van der Waals surface area contributed by atoms with Gasteiger partial charge in [-0.2, -0.15) is 13.2 Å². The molecule has 0 radical (unpaired) electrons. The van der Waals surface area contributed by atoms with Gasteiger partial charge in [0, 0.05) is 6.54 Å². The van der Waals surface area contributed by atoms with Crippen molar-refractivity contribution in [1.82, 2.24) is 5.32 Å². The number of piperidine rings is 1. The van der Waals surface area contributed by atoms with E-state index in [1.54, 1.807) is 0 Å². The van der Waals surface area contributed by atoms with E-state index in [0.717, 1.165) is 11.0 Å². The Labute approximate surface area is 126 Å². The number of likely N-dealkylation sites (N-methyl/N-ethyl adjacent to an activating group) is 1. The molecule has 1 N–H and O–H groups in total. The molecule has 1 fully saturated rings. The number of benzene rings is 1. The molecule has 1 aliphatic rings. The third-order valence-corrected chi connectivity index (χ3v) is 3.76. The summed E-state index contributed by atoms with van der Waals surface area (Å²) in [6.45, 7) is 2.68. The second-order valence-corrected chi connectivity index (χ2v) is 5.28. The Morgan fingerprint density at radius 3 is 2.76 bits per heavy atom. The molecule has 2 rings (SSSR count). The van der Waals surface area contributed by atoms with Gasteiger partial charge in [0.2, 0.25) is 5.91 Å². The minimum Gasteiger partial charge on any atom is -0.309 e. The van der Waals surface area contributed by atoms with Crippen LogP contribution in [0.5, 0.6) is 0 Å². The molecule has 21 heavy (non-hydrogen) atoms. The van der Waals surface area contributed by atoms with Crippen molar-refractivity contribution in [3.63, 3.8) is 0 Å². The first-order valence-electron chi connectivity index (χ1n) is 6.76. The van der Waals surface area contributed by atoms with Crippen molar-refractivity contribution >= 4 is 23.2 Å². The van der Waals surface area contributed by atoms with Gasteiger partial charge in [-0.3, -0.25) is 4.79 Å². The zero-order valence-electron chi connectivity index (χ0n) is 11.5. The molecule has 1 saturated heterocycles. The third kappa shape index (κ3) is 3.32. The maximum absolute atomic E-state index is 13.1. The minimum atomic E-state index is -4.55. The highest BCUT2D eigenvalue weighted by molar-refractivity contribution is 6.34. The van der Waals surface area contributed by atoms with Gasteiger partial charge in [0.15, 0.2) is 0 Å². The van der Waals surface area contributed by atoms with Crippen LogP contribution in [-0.2, 0) is 11.0 Å². The number of rotatable bonds is 3. The number of halogens is 4. The van der Waals surface area contributed by atoms with Crippen LogP contribution in [-0.4, -0.2) is 25.0 Å². The van der Waals surface area contributed by atoms with E-state index in [0.29, 0.717) is 19.4 Å². The number of alkyl halides is 3. The molecule has 1 amide bonds. The summed E-state index contributed by atoms with van der Waals surface area (Å²) in [6, 6.07) is 3.10. The van der Waals surface area contributed by atoms with Gasteiger partial charge in [0.25, 0.3) is 0 Å². The average Bonchev–Trinajstić information content (AvgIpc) is 2.41. The maximum atomic E-state index is 13.1. The molecule has 0 aromatic heterocycles. The molecule has 1 atom stereocenters. The molecule has 0 spiro atoms. The van der Waals surface area contributed by atoms with Crippen LogP contribution >= 0.6 is 11.6 Å². The highest BCUT2D eigenvalue weighted by atomic mass is 35.5. The molecule has 3 nitrogen and oxygen atoms in total. The van der Waals surface area contributed by atoms with Crippen LogP contribution < -0.4 is 10.2 Å². The van der Waals surface area contributed by atoms with Gasteiger partial charge in [-0.15, -0.1) is 0 Å². The number of carbonyl (C=O) groups is 1. The molecule has 116 valence electrons. The molecular formula is C14H16ClF3N2O. The van der Waals surface area contributed by atoms with Crippen LogP contribution in [0.15, 0.2) is 18.2 Å². The van der Waals surface area contributed by atoms with Gasteiger partial charge in [-0.25, -0.2) is 0 Å². The predicted molar refractivity (Wildman–Crippen MR) is 75.5 cm³/mol. The fraction of sp³-hybridized carbons (Fsp3) is 0.500. The fourth-order valence-corrected chi connectivity index (χ4v) is 2.83. The van der Waals surface area contributed by atoms with Gasteiger partial charge >= 0.3 is 6.18 Å². The smallest absolute Gasteiger partial charge is 0.309 e. The Hall–Kier alpha value is -1.27. The number of carbonyl (C=O) groups excluding carboxylic acids is 1. The van der Waals surface area contributed by atoms with Gasteiger partial charge < -0.3 is 10.2 Å². The Kier molecular flexibility index (Phi) is 4.78. The predicted octanol–water partition coefficient (Wildman–Crippen LogP) is 3.46. The van der Waals surface area contributed by atoms with Crippen molar-refractivity contribution in [2.45, 2.75) is 32.0 Å². The second-order valence-electron chi connectivity index (χ2n) is 4.88. The molecule has 1 aromatic rings. The highest BCUT2D eigenvalue weighted by Gasteiger charge is 2.39. The van der Waals surface area contributed by atoms with E-state index in [2.05, 4.69) is 5.32 Å². The van der Waals surface area contributed by atoms with Gasteiger partial charge in [0.1, 0.15) is 0 Å². The van der Waals surface area contributed by atoms with Gasteiger partial charge in [-0.1, -0.05) is 24.6 Å². The van der Waals surface area contributed by atoms with Crippen LogP contribution in [0.3, 0.4) is 0 Å². The molecule has 0 saturated carbocycles. The van der Waals surface area contributed by atoms with Crippen molar-refractivity contribution in [2.24, 2.45) is 0 Å². The zero-order chi connectivity index (χ0) is 15.6. The summed E-state index contributed by atoms with van der Waals surface area (Å²) in [7, 11) is 0. The monoisotopic (exact) mass is 320 g/mol. The molecule has 0 aliphatic carbocycles. The quantitative estimate of drug-likeness (QED) is 0.925. The molecule has 1 aromatic carbocycles. The number of amides is 1. The first kappa shape index (κ1) is 16.1. The number of nitrogens with zero attached hydrogens (tertiary/aromatic N) is 1. The molecular weight excluding hydrogens is 305 g/mol. The SMILES string of the molecule is CCNC1CCCN(c2c(Cl)cccc2C(F)(F)F)C1=O. The second kappa shape index (κ2) is 6.23. The van der Waals surface area contributed by atoms with E-state index < -0.39 is 17.8 Å². The number of hydrogen-bond acceptors (Lipinski definition) is 2.